The molecule has 8 heteroatoms. The lowest BCUT2D eigenvalue weighted by Crippen LogP contribution is -2.39. The van der Waals surface area contributed by atoms with Gasteiger partial charge < -0.3 is 5.32 Å². The van der Waals surface area contributed by atoms with Gasteiger partial charge in [0.15, 0.2) is 0 Å². The van der Waals surface area contributed by atoms with Crippen LogP contribution >= 0.6 is 23.4 Å². The molecule has 1 amide bonds. The number of rotatable bonds is 5. The highest BCUT2D eigenvalue weighted by Crippen LogP contribution is 2.29. The Balaban J connectivity index is 1.87. The van der Waals surface area contributed by atoms with Crippen LogP contribution in [-0.2, 0) is 10.0 Å². The molecule has 5 nitrogen and oxygen atoms in total. The highest BCUT2D eigenvalue weighted by atomic mass is 35.5. The van der Waals surface area contributed by atoms with Crippen LogP contribution in [0.4, 0.5) is 5.69 Å². The molecule has 0 aliphatic carbocycles. The van der Waals surface area contributed by atoms with E-state index in [-0.39, 0.29) is 21.4 Å². The zero-order chi connectivity index (χ0) is 20.3. The fraction of sp³-hybridized carbons (Fsp3) is 0.350. The zero-order valence-electron chi connectivity index (χ0n) is 15.8. The Labute approximate surface area is 175 Å². The summed E-state index contributed by atoms with van der Waals surface area (Å²) in [7, 11) is -3.75. The highest BCUT2D eigenvalue weighted by molar-refractivity contribution is 7.98. The Morgan fingerprint density at radius 2 is 2.04 bits per heavy atom. The second kappa shape index (κ2) is 8.86. The summed E-state index contributed by atoms with van der Waals surface area (Å²) >= 11 is 7.78. The minimum Gasteiger partial charge on any atom is -0.322 e. The number of benzene rings is 2. The molecule has 0 bridgehead atoms. The van der Waals surface area contributed by atoms with Crippen LogP contribution in [0.5, 0.6) is 0 Å². The molecule has 2 aromatic carbocycles. The molecule has 1 unspecified atom stereocenters. The number of halogens is 1. The average Bonchev–Trinajstić information content (AvgIpc) is 2.68. The fourth-order valence-corrected chi connectivity index (χ4v) is 5.81. The first kappa shape index (κ1) is 21.2. The molecular weight excluding hydrogens is 416 g/mol. The van der Waals surface area contributed by atoms with Crippen LogP contribution < -0.4 is 5.32 Å². The second-order valence-corrected chi connectivity index (χ2v) is 10.1. The van der Waals surface area contributed by atoms with Crippen molar-refractivity contribution in [2.24, 2.45) is 5.92 Å². The number of piperidine rings is 1. The maximum absolute atomic E-state index is 13.1. The van der Waals surface area contributed by atoms with Crippen molar-refractivity contribution in [1.29, 1.82) is 0 Å². The zero-order valence-corrected chi connectivity index (χ0v) is 18.2. The second-order valence-electron chi connectivity index (χ2n) is 6.94. The maximum Gasteiger partial charge on any atom is 0.255 e. The fourth-order valence-electron chi connectivity index (χ4n) is 3.25. The van der Waals surface area contributed by atoms with Crippen LogP contribution in [0, 0.1) is 5.92 Å². The molecule has 1 aliphatic heterocycles. The Hall–Kier alpha value is -1.54. The molecule has 1 aliphatic rings. The average molecular weight is 439 g/mol. The lowest BCUT2D eigenvalue weighted by molar-refractivity contribution is 0.102. The van der Waals surface area contributed by atoms with E-state index in [1.807, 2.05) is 31.4 Å². The molecule has 0 spiro atoms. The number of nitrogens with one attached hydrogen (secondary N) is 1. The van der Waals surface area contributed by atoms with Gasteiger partial charge in [0.1, 0.15) is 4.90 Å². The van der Waals surface area contributed by atoms with Gasteiger partial charge in [0.05, 0.1) is 5.02 Å². The van der Waals surface area contributed by atoms with Gasteiger partial charge in [-0.25, -0.2) is 8.42 Å². The van der Waals surface area contributed by atoms with Crippen molar-refractivity contribution < 1.29 is 13.2 Å². The van der Waals surface area contributed by atoms with E-state index in [2.05, 4.69) is 5.32 Å². The van der Waals surface area contributed by atoms with Gasteiger partial charge in [-0.05, 0) is 61.4 Å². The van der Waals surface area contributed by atoms with Gasteiger partial charge in [-0.15, -0.1) is 11.8 Å². The summed E-state index contributed by atoms with van der Waals surface area (Å²) in [5.74, 6) is -0.0733. The van der Waals surface area contributed by atoms with E-state index < -0.39 is 10.0 Å². The number of hydrogen-bond acceptors (Lipinski definition) is 4. The third-order valence-corrected chi connectivity index (χ3v) is 7.83. The largest absolute Gasteiger partial charge is 0.322 e. The van der Waals surface area contributed by atoms with Crippen molar-refractivity contribution in [2.45, 2.75) is 29.6 Å². The van der Waals surface area contributed by atoms with Crippen LogP contribution in [-0.4, -0.2) is 38.0 Å². The Bertz CT molecular complexity index is 979. The van der Waals surface area contributed by atoms with Crippen molar-refractivity contribution in [3.8, 4) is 0 Å². The number of hydrogen-bond donors (Lipinski definition) is 1. The predicted molar refractivity (Wildman–Crippen MR) is 115 cm³/mol. The van der Waals surface area contributed by atoms with Crippen LogP contribution in [0.25, 0.3) is 0 Å². The van der Waals surface area contributed by atoms with Crippen molar-refractivity contribution in [3.63, 3.8) is 0 Å². The van der Waals surface area contributed by atoms with Gasteiger partial charge in [0.2, 0.25) is 10.0 Å². The number of carbonyl (C=O) groups is 1. The van der Waals surface area contributed by atoms with E-state index in [1.54, 1.807) is 17.8 Å². The molecule has 1 atom stereocenters. The maximum atomic E-state index is 13.1. The lowest BCUT2D eigenvalue weighted by Gasteiger charge is -2.30. The topological polar surface area (TPSA) is 66.5 Å². The first-order valence-electron chi connectivity index (χ1n) is 9.06. The smallest absolute Gasteiger partial charge is 0.255 e. The molecule has 1 N–H and O–H groups in total. The van der Waals surface area contributed by atoms with Gasteiger partial charge in [0, 0.05) is 29.2 Å². The number of carbonyl (C=O) groups excluding carboxylic acids is 1. The normalized spacial score (nSPS) is 18.0. The minimum atomic E-state index is -3.75. The summed E-state index contributed by atoms with van der Waals surface area (Å²) in [5.41, 5.74) is 0.906. The molecule has 0 radical (unpaired) electrons. The Kier molecular flexibility index (Phi) is 6.70. The summed E-state index contributed by atoms with van der Waals surface area (Å²) < 4.78 is 27.6. The van der Waals surface area contributed by atoms with Gasteiger partial charge in [-0.2, -0.15) is 4.31 Å². The molecule has 1 heterocycles. The molecule has 150 valence electrons. The van der Waals surface area contributed by atoms with Crippen LogP contribution in [0.15, 0.2) is 52.3 Å². The van der Waals surface area contributed by atoms with E-state index in [9.17, 15) is 13.2 Å². The van der Waals surface area contributed by atoms with Gasteiger partial charge in [0.25, 0.3) is 5.91 Å². The summed E-state index contributed by atoms with van der Waals surface area (Å²) in [4.78, 5) is 13.7. The van der Waals surface area contributed by atoms with E-state index in [1.165, 1.54) is 22.5 Å². The molecule has 1 fully saturated rings. The van der Waals surface area contributed by atoms with E-state index in [0.29, 0.717) is 24.7 Å². The minimum absolute atomic E-state index is 0.0196. The third kappa shape index (κ3) is 4.71. The molecule has 2 aromatic rings. The first-order chi connectivity index (χ1) is 13.3. The Morgan fingerprint density at radius 1 is 1.25 bits per heavy atom. The summed E-state index contributed by atoms with van der Waals surface area (Å²) in [6.45, 7) is 2.98. The molecule has 0 saturated carbocycles. The summed E-state index contributed by atoms with van der Waals surface area (Å²) in [6.07, 6.45) is 3.79. The van der Waals surface area contributed by atoms with Gasteiger partial charge in [-0.1, -0.05) is 24.6 Å². The summed E-state index contributed by atoms with van der Waals surface area (Å²) in [6, 6.07) is 11.8. The van der Waals surface area contributed by atoms with Crippen LogP contribution in [0.2, 0.25) is 5.02 Å². The van der Waals surface area contributed by atoms with Crippen LogP contribution in [0.1, 0.15) is 30.1 Å². The van der Waals surface area contributed by atoms with E-state index in [4.69, 9.17) is 11.6 Å². The molecule has 3 rings (SSSR count). The van der Waals surface area contributed by atoms with E-state index >= 15 is 0 Å². The number of thioether (sulfide) groups is 1. The standard InChI is InChI=1S/C20H23ClN2O3S2/c1-14-5-4-10-23(13-14)28(25,26)19-11-15(8-9-18(19)21)20(24)22-16-6-3-7-17(12-16)27-2/h3,6-9,11-12,14H,4-5,10,13H2,1-2H3,(H,22,24). The van der Waals surface area contributed by atoms with E-state index in [0.717, 1.165) is 17.7 Å². The SMILES string of the molecule is CSc1cccc(NC(=O)c2ccc(Cl)c(S(=O)(=O)N3CCCC(C)C3)c2)c1. The lowest BCUT2D eigenvalue weighted by atomic mass is 10.0. The highest BCUT2D eigenvalue weighted by Gasteiger charge is 2.30. The van der Waals surface area contributed by atoms with Crippen molar-refractivity contribution in [1.82, 2.24) is 4.31 Å². The van der Waals surface area contributed by atoms with Gasteiger partial charge >= 0.3 is 0 Å². The summed E-state index contributed by atoms with van der Waals surface area (Å²) in [5, 5.41) is 2.94. The molecule has 28 heavy (non-hydrogen) atoms. The van der Waals surface area contributed by atoms with Crippen LogP contribution in [0.3, 0.4) is 0 Å². The monoisotopic (exact) mass is 438 g/mol. The molecular formula is C20H23ClN2O3S2. The number of sulfonamides is 1. The number of nitrogens with zero attached hydrogens (tertiary/aromatic N) is 1. The number of anilines is 1. The third-order valence-electron chi connectivity index (χ3n) is 4.76. The predicted octanol–water partition coefficient (Wildman–Crippen LogP) is 4.73. The van der Waals surface area contributed by atoms with Crippen molar-refractivity contribution >= 4 is 45.0 Å². The first-order valence-corrected chi connectivity index (χ1v) is 12.1. The molecule has 1 saturated heterocycles. The molecule has 0 aromatic heterocycles. The number of amides is 1. The van der Waals surface area contributed by atoms with Gasteiger partial charge in [-0.3, -0.25) is 4.79 Å². The van der Waals surface area contributed by atoms with Crippen molar-refractivity contribution in [2.75, 3.05) is 24.7 Å². The van der Waals surface area contributed by atoms with Crippen molar-refractivity contribution in [3.05, 3.63) is 53.1 Å². The quantitative estimate of drug-likeness (QED) is 0.685. The Morgan fingerprint density at radius 3 is 2.75 bits per heavy atom.